The van der Waals surface area contributed by atoms with Gasteiger partial charge >= 0.3 is 0 Å². The van der Waals surface area contributed by atoms with E-state index in [0.717, 1.165) is 47.4 Å². The van der Waals surface area contributed by atoms with Crippen LogP contribution in [0.5, 0.6) is 0 Å². The van der Waals surface area contributed by atoms with Crippen LogP contribution >= 0.6 is 0 Å². The molecule has 1 aromatic heterocycles. The predicted octanol–water partition coefficient (Wildman–Crippen LogP) is 8.54. The van der Waals surface area contributed by atoms with Gasteiger partial charge in [-0.1, -0.05) is 69.2 Å². The minimum Gasteiger partial charge on any atom is -0.294 e. The van der Waals surface area contributed by atoms with Crippen LogP contribution < -0.4 is 0 Å². The van der Waals surface area contributed by atoms with Gasteiger partial charge in [-0.05, 0) is 109 Å². The van der Waals surface area contributed by atoms with Crippen molar-refractivity contribution in [2.75, 3.05) is 0 Å². The number of pyridine rings is 1. The zero-order valence-electron chi connectivity index (χ0n) is 22.8. The van der Waals surface area contributed by atoms with E-state index in [1.165, 1.54) is 60.8 Å². The molecule has 0 aliphatic heterocycles. The molecule has 1 heterocycles. The van der Waals surface area contributed by atoms with Crippen LogP contribution in [-0.4, -0.2) is 10.8 Å². The lowest BCUT2D eigenvalue weighted by Gasteiger charge is -2.53. The fourth-order valence-corrected chi connectivity index (χ4v) is 7.42. The number of hydrogen-bond acceptors (Lipinski definition) is 2. The van der Waals surface area contributed by atoms with E-state index < -0.39 is 0 Å². The van der Waals surface area contributed by atoms with Crippen LogP contribution in [0.2, 0.25) is 0 Å². The quantitative estimate of drug-likeness (QED) is 0.296. The number of carbonyl (C=O) groups is 1. The Morgan fingerprint density at radius 3 is 2.51 bits per heavy atom. The van der Waals surface area contributed by atoms with Crippen LogP contribution in [-0.2, 0) is 18.3 Å². The second-order valence-electron chi connectivity index (χ2n) is 12.6. The zero-order chi connectivity index (χ0) is 25.6. The average Bonchev–Trinajstić information content (AvgIpc) is 3.73. The van der Waals surface area contributed by atoms with Gasteiger partial charge in [0.1, 0.15) is 0 Å². The molecule has 2 nitrogen and oxygen atoms in total. The molecule has 2 fully saturated rings. The van der Waals surface area contributed by atoms with Crippen LogP contribution in [0.3, 0.4) is 0 Å². The van der Waals surface area contributed by atoms with Gasteiger partial charge in [-0.15, -0.1) is 0 Å². The van der Waals surface area contributed by atoms with Gasteiger partial charge in [0, 0.05) is 29.4 Å². The summed E-state index contributed by atoms with van der Waals surface area (Å²) in [5, 5.41) is 0. The summed E-state index contributed by atoms with van der Waals surface area (Å²) in [6.45, 7) is 7.00. The van der Waals surface area contributed by atoms with E-state index in [4.69, 9.17) is 0 Å². The summed E-state index contributed by atoms with van der Waals surface area (Å²) in [5.74, 6) is 3.76. The van der Waals surface area contributed by atoms with Crippen LogP contribution in [0, 0.1) is 30.6 Å². The maximum Gasteiger partial charge on any atom is 0.162 e. The van der Waals surface area contributed by atoms with Gasteiger partial charge in [0.25, 0.3) is 0 Å². The topological polar surface area (TPSA) is 30.0 Å². The van der Waals surface area contributed by atoms with Gasteiger partial charge in [0.2, 0.25) is 0 Å². The van der Waals surface area contributed by atoms with Crippen molar-refractivity contribution in [1.82, 2.24) is 4.98 Å². The van der Waals surface area contributed by atoms with Crippen molar-refractivity contribution in [3.8, 4) is 11.1 Å². The highest BCUT2D eigenvalue weighted by Crippen LogP contribution is 2.56. The molecule has 2 saturated carbocycles. The Morgan fingerprint density at radius 2 is 1.78 bits per heavy atom. The summed E-state index contributed by atoms with van der Waals surface area (Å²) in [7, 11) is 0. The van der Waals surface area contributed by atoms with Gasteiger partial charge < -0.3 is 0 Å². The van der Waals surface area contributed by atoms with E-state index in [0.29, 0.717) is 18.1 Å². The number of nitrogens with zero attached hydrogens (tertiary/aromatic N) is 1. The summed E-state index contributed by atoms with van der Waals surface area (Å²) in [5.41, 5.74) is 8.81. The Hall–Kier alpha value is -2.74. The average molecular weight is 492 g/mol. The number of Topliss-reactive ketones (excluding diaryl/α,β-unsaturated/α-hetero) is 1. The number of ketones is 1. The van der Waals surface area contributed by atoms with E-state index in [1.807, 2.05) is 13.1 Å². The highest BCUT2D eigenvalue weighted by molar-refractivity contribution is 5.96. The predicted molar refractivity (Wildman–Crippen MR) is 152 cm³/mol. The molecule has 0 saturated heterocycles. The maximum atomic E-state index is 13.2. The third-order valence-electron chi connectivity index (χ3n) is 10.2. The number of aryl methyl sites for hydroxylation is 2. The Bertz CT molecular complexity index is 1270. The largest absolute Gasteiger partial charge is 0.294 e. The summed E-state index contributed by atoms with van der Waals surface area (Å²) < 4.78 is 0. The molecule has 0 amide bonds. The lowest BCUT2D eigenvalue weighted by Crippen LogP contribution is -2.48. The number of benzene rings is 2. The van der Waals surface area contributed by atoms with E-state index in [1.54, 1.807) is 0 Å². The fourth-order valence-electron chi connectivity index (χ4n) is 7.42. The molecule has 2 aromatic carbocycles. The Morgan fingerprint density at radius 1 is 1.00 bits per heavy atom. The van der Waals surface area contributed by atoms with Crippen LogP contribution in [0.15, 0.2) is 60.8 Å². The molecular weight excluding hydrogens is 450 g/mol. The molecule has 2 bridgehead atoms. The van der Waals surface area contributed by atoms with Crippen molar-refractivity contribution in [2.24, 2.45) is 23.7 Å². The van der Waals surface area contributed by atoms with Crippen LogP contribution in [0.1, 0.15) is 91.5 Å². The third kappa shape index (κ3) is 4.92. The molecular formula is C35H41NO. The smallest absolute Gasteiger partial charge is 0.162 e. The van der Waals surface area contributed by atoms with Gasteiger partial charge in [-0.2, -0.15) is 0 Å². The monoisotopic (exact) mass is 491 g/mol. The second-order valence-corrected chi connectivity index (χ2v) is 12.6. The zero-order valence-corrected chi connectivity index (χ0v) is 22.8. The van der Waals surface area contributed by atoms with Crippen molar-refractivity contribution in [3.05, 3.63) is 88.7 Å². The fraction of sp³-hybridized carbons (Fsp3) is 0.486. The standard InChI is InChI=1S/C35H41NO/c1-23-7-12-31(22-36-23)27-13-10-25(11-14-27)5-4-6-34(37)30-16-15-29-20-32-24(2)35(3,33(29)21-30)18-17-28(32)19-26-8-9-26/h7,10-16,21-22,24,26,28,32H,4-6,8-9,17-20H2,1-3H3/t24-,28-,32+,35-/m0/s1. The van der Waals surface area contributed by atoms with Crippen LogP contribution in [0.25, 0.3) is 11.1 Å². The first-order chi connectivity index (χ1) is 17.9. The van der Waals surface area contributed by atoms with Gasteiger partial charge in [0.15, 0.2) is 5.78 Å². The van der Waals surface area contributed by atoms with Gasteiger partial charge in [0.05, 0.1) is 0 Å². The summed E-state index contributed by atoms with van der Waals surface area (Å²) >= 11 is 0. The molecule has 0 spiro atoms. The Kier molecular flexibility index (Phi) is 6.55. The number of aromatic nitrogens is 1. The molecule has 2 heteroatoms. The molecule has 0 N–H and O–H groups in total. The minimum atomic E-state index is 0.226. The first-order valence-corrected chi connectivity index (χ1v) is 14.6. The van der Waals surface area contributed by atoms with Crippen molar-refractivity contribution >= 4 is 5.78 Å². The summed E-state index contributed by atoms with van der Waals surface area (Å²) in [4.78, 5) is 17.6. The number of hydrogen-bond donors (Lipinski definition) is 0. The minimum absolute atomic E-state index is 0.226. The SMILES string of the molecule is Cc1ccc(-c2ccc(CCCC(=O)c3ccc4c(c3)[C@@]3(C)CC[C@@H](CC5CC5)[C@H](C4)[C@@H]3C)cc2)cn1. The molecule has 192 valence electrons. The van der Waals surface area contributed by atoms with E-state index in [9.17, 15) is 4.79 Å². The normalized spacial score (nSPS) is 26.5. The molecule has 4 atom stereocenters. The van der Waals surface area contributed by atoms with Crippen molar-refractivity contribution in [1.29, 1.82) is 0 Å². The maximum absolute atomic E-state index is 13.2. The Labute approximate surface area is 222 Å². The van der Waals surface area contributed by atoms with Crippen molar-refractivity contribution in [2.45, 2.75) is 84.0 Å². The second kappa shape index (κ2) is 9.86. The van der Waals surface area contributed by atoms with Gasteiger partial charge in [-0.25, -0.2) is 0 Å². The molecule has 6 rings (SSSR count). The molecule has 3 aliphatic rings. The van der Waals surface area contributed by atoms with Crippen molar-refractivity contribution < 1.29 is 4.79 Å². The van der Waals surface area contributed by atoms with E-state index in [-0.39, 0.29) is 5.41 Å². The Balaban J connectivity index is 1.09. The lowest BCUT2D eigenvalue weighted by atomic mass is 9.51. The lowest BCUT2D eigenvalue weighted by molar-refractivity contribution is 0.0594. The molecule has 0 unspecified atom stereocenters. The third-order valence-corrected chi connectivity index (χ3v) is 10.2. The molecule has 0 radical (unpaired) electrons. The summed E-state index contributed by atoms with van der Waals surface area (Å²) in [6.07, 6.45) is 12.6. The number of rotatable bonds is 8. The molecule has 37 heavy (non-hydrogen) atoms. The number of carbonyl (C=O) groups excluding carboxylic acids is 1. The highest BCUT2D eigenvalue weighted by Gasteiger charge is 2.49. The summed E-state index contributed by atoms with van der Waals surface area (Å²) in [6, 6.07) is 19.6. The molecule has 3 aliphatic carbocycles. The van der Waals surface area contributed by atoms with E-state index in [2.05, 4.69) is 73.4 Å². The van der Waals surface area contributed by atoms with Crippen molar-refractivity contribution in [3.63, 3.8) is 0 Å². The first-order valence-electron chi connectivity index (χ1n) is 14.6. The van der Waals surface area contributed by atoms with Gasteiger partial charge in [-0.3, -0.25) is 9.78 Å². The van der Waals surface area contributed by atoms with Crippen LogP contribution in [0.4, 0.5) is 0 Å². The van der Waals surface area contributed by atoms with E-state index >= 15 is 0 Å². The molecule has 3 aromatic rings. The highest BCUT2D eigenvalue weighted by atomic mass is 16.1. The number of fused-ring (bicyclic) bond motifs is 4. The first kappa shape index (κ1) is 24.6.